The van der Waals surface area contributed by atoms with Crippen LogP contribution in [0.2, 0.25) is 0 Å². The van der Waals surface area contributed by atoms with Crippen molar-refractivity contribution in [2.24, 2.45) is 0 Å². The Labute approximate surface area is 198 Å². The van der Waals surface area contributed by atoms with Gasteiger partial charge in [-0.15, -0.1) is 11.3 Å². The van der Waals surface area contributed by atoms with Gasteiger partial charge in [0.15, 0.2) is 0 Å². The molecule has 1 saturated heterocycles. The fraction of sp³-hybridized carbons (Fsp3) is 0.462. The van der Waals surface area contributed by atoms with Crippen LogP contribution in [-0.2, 0) is 22.4 Å². The molecule has 0 saturated carbocycles. The van der Waals surface area contributed by atoms with Gasteiger partial charge in [-0.3, -0.25) is 9.69 Å². The van der Waals surface area contributed by atoms with Crippen LogP contribution in [0.1, 0.15) is 48.5 Å². The van der Waals surface area contributed by atoms with E-state index < -0.39 is 12.0 Å². The summed E-state index contributed by atoms with van der Waals surface area (Å²) in [5.41, 5.74) is 3.35. The Balaban J connectivity index is 1.10. The summed E-state index contributed by atoms with van der Waals surface area (Å²) in [4.78, 5) is 19.0. The second-order valence-electron chi connectivity index (χ2n) is 8.99. The van der Waals surface area contributed by atoms with Crippen LogP contribution in [-0.4, -0.2) is 53.3 Å². The molecule has 0 aliphatic carbocycles. The third-order valence-electron chi connectivity index (χ3n) is 6.73. The first-order chi connectivity index (χ1) is 16.2. The van der Waals surface area contributed by atoms with E-state index in [0.717, 1.165) is 72.4 Å². The van der Waals surface area contributed by atoms with Gasteiger partial charge in [-0.25, -0.2) is 4.98 Å². The van der Waals surface area contributed by atoms with Gasteiger partial charge in [-0.05, 0) is 78.6 Å². The van der Waals surface area contributed by atoms with E-state index in [2.05, 4.69) is 28.4 Å². The Morgan fingerprint density at radius 1 is 1.27 bits per heavy atom. The van der Waals surface area contributed by atoms with Crippen LogP contribution < -0.4 is 5.32 Å². The number of nitrogens with zero attached hydrogens (tertiary/aromatic N) is 2. The molecule has 33 heavy (non-hydrogen) atoms. The lowest BCUT2D eigenvalue weighted by atomic mass is 10.0. The van der Waals surface area contributed by atoms with Crippen LogP contribution in [0.5, 0.6) is 0 Å². The molecule has 2 aliphatic heterocycles. The van der Waals surface area contributed by atoms with E-state index in [0.29, 0.717) is 13.2 Å². The lowest BCUT2D eigenvalue weighted by Crippen LogP contribution is -2.33. The molecule has 1 aromatic carbocycles. The summed E-state index contributed by atoms with van der Waals surface area (Å²) in [6, 6.07) is 11.7. The van der Waals surface area contributed by atoms with Crippen molar-refractivity contribution in [3.63, 3.8) is 0 Å². The maximum atomic E-state index is 12.2. The van der Waals surface area contributed by atoms with Crippen molar-refractivity contribution in [2.75, 3.05) is 31.6 Å². The summed E-state index contributed by atoms with van der Waals surface area (Å²) < 4.78 is 7.27. The molecule has 2 N–H and O–H groups in total. The number of unbranched alkanes of at least 4 members (excludes halogenated alkanes) is 1. The maximum absolute atomic E-state index is 12.2. The molecular formula is C26H31N3O3S. The number of nitrogens with one attached hydrogen (secondary N) is 1. The molecule has 1 fully saturated rings. The number of hydrogen-bond donors (Lipinski definition) is 2. The number of ether oxygens (including phenoxy) is 1. The Morgan fingerprint density at radius 3 is 3.12 bits per heavy atom. The number of rotatable bonds is 9. The van der Waals surface area contributed by atoms with Gasteiger partial charge >= 0.3 is 5.97 Å². The molecule has 2 atom stereocenters. The molecule has 4 heterocycles. The van der Waals surface area contributed by atoms with Crippen molar-refractivity contribution in [1.82, 2.24) is 9.88 Å². The van der Waals surface area contributed by atoms with E-state index in [1.165, 1.54) is 12.0 Å². The third-order valence-corrected chi connectivity index (χ3v) is 7.61. The number of likely N-dealkylation sites (tertiary alicyclic amines) is 1. The number of anilines is 1. The molecule has 5 rings (SSSR count). The zero-order valence-electron chi connectivity index (χ0n) is 18.8. The van der Waals surface area contributed by atoms with E-state index >= 15 is 0 Å². The molecular weight excluding hydrogens is 434 g/mol. The van der Waals surface area contributed by atoms with Crippen LogP contribution in [0, 0.1) is 0 Å². The first-order valence-electron chi connectivity index (χ1n) is 12.0. The summed E-state index contributed by atoms with van der Waals surface area (Å²) in [6.07, 6.45) is 6.26. The number of benzene rings is 1. The molecule has 0 amide bonds. The number of thiophene rings is 1. The lowest BCUT2D eigenvalue weighted by Gasteiger charge is -2.25. The number of aliphatic carboxylic acids is 1. The lowest BCUT2D eigenvalue weighted by molar-refractivity contribution is -0.143. The standard InChI is InChI=1S/C26H31N3O3S/c30-26(31)24(22-7-3-8-23-21(22)12-16-33-23)29-14-11-20(17-29)32-15-2-1-6-19-10-9-18-5-4-13-27-25(18)28-19/h3,7-10,12,16,20,24H,1-2,4-6,11,13-15,17H2,(H,27,28)(H,30,31). The number of aromatic nitrogens is 1. The van der Waals surface area contributed by atoms with Crippen LogP contribution in [0.4, 0.5) is 5.82 Å². The van der Waals surface area contributed by atoms with Gasteiger partial charge in [-0.1, -0.05) is 18.2 Å². The fourth-order valence-corrected chi connectivity index (χ4v) is 5.85. The molecule has 2 aromatic heterocycles. The Hall–Kier alpha value is -2.48. The van der Waals surface area contributed by atoms with Crippen molar-refractivity contribution in [2.45, 2.75) is 50.7 Å². The van der Waals surface area contributed by atoms with Gasteiger partial charge in [0.2, 0.25) is 0 Å². The van der Waals surface area contributed by atoms with Gasteiger partial charge in [0.25, 0.3) is 0 Å². The fourth-order valence-electron chi connectivity index (χ4n) is 5.03. The van der Waals surface area contributed by atoms with Crippen molar-refractivity contribution < 1.29 is 14.6 Å². The van der Waals surface area contributed by atoms with Crippen molar-refractivity contribution >= 4 is 33.2 Å². The Morgan fingerprint density at radius 2 is 2.21 bits per heavy atom. The molecule has 7 heteroatoms. The van der Waals surface area contributed by atoms with Crippen molar-refractivity contribution in [1.29, 1.82) is 0 Å². The number of fused-ring (bicyclic) bond motifs is 2. The maximum Gasteiger partial charge on any atom is 0.325 e. The van der Waals surface area contributed by atoms with E-state index in [4.69, 9.17) is 9.72 Å². The highest BCUT2D eigenvalue weighted by Crippen LogP contribution is 2.33. The number of carboxylic acids is 1. The van der Waals surface area contributed by atoms with Crippen molar-refractivity contribution in [3.8, 4) is 0 Å². The minimum absolute atomic E-state index is 0.0968. The normalized spacial score (nSPS) is 19.3. The summed E-state index contributed by atoms with van der Waals surface area (Å²) in [7, 11) is 0. The smallest absolute Gasteiger partial charge is 0.325 e. The summed E-state index contributed by atoms with van der Waals surface area (Å²) in [5.74, 6) is 0.272. The third kappa shape index (κ3) is 5.05. The quantitative estimate of drug-likeness (QED) is 0.438. The topological polar surface area (TPSA) is 74.7 Å². The van der Waals surface area contributed by atoms with Crippen LogP contribution in [0.3, 0.4) is 0 Å². The van der Waals surface area contributed by atoms with E-state index in [-0.39, 0.29) is 6.10 Å². The number of aryl methyl sites for hydroxylation is 2. The molecule has 0 radical (unpaired) electrons. The SMILES string of the molecule is O=C(O)C(c1cccc2sccc12)N1CCC(OCCCCc2ccc3c(n2)NCCC3)C1. The Bertz CT molecular complexity index is 1120. The second kappa shape index (κ2) is 10.2. The second-order valence-corrected chi connectivity index (χ2v) is 9.94. The minimum Gasteiger partial charge on any atom is -0.480 e. The summed E-state index contributed by atoms with van der Waals surface area (Å²) in [6.45, 7) is 3.13. The van der Waals surface area contributed by atoms with Gasteiger partial charge in [0.05, 0.1) is 6.10 Å². The zero-order chi connectivity index (χ0) is 22.6. The number of carbonyl (C=O) groups is 1. The van der Waals surface area contributed by atoms with Crippen LogP contribution in [0.15, 0.2) is 41.8 Å². The monoisotopic (exact) mass is 465 g/mol. The van der Waals surface area contributed by atoms with Gasteiger partial charge in [-0.2, -0.15) is 0 Å². The predicted molar refractivity (Wildman–Crippen MR) is 132 cm³/mol. The first kappa shape index (κ1) is 22.3. The number of pyridine rings is 1. The average Bonchev–Trinajstić information content (AvgIpc) is 3.49. The molecule has 0 spiro atoms. The molecule has 2 unspecified atom stereocenters. The highest BCUT2D eigenvalue weighted by molar-refractivity contribution is 7.17. The minimum atomic E-state index is -0.790. The summed E-state index contributed by atoms with van der Waals surface area (Å²) in [5, 5.41) is 16.5. The summed E-state index contributed by atoms with van der Waals surface area (Å²) >= 11 is 1.65. The molecule has 174 valence electrons. The molecule has 0 bridgehead atoms. The average molecular weight is 466 g/mol. The molecule has 6 nitrogen and oxygen atoms in total. The largest absolute Gasteiger partial charge is 0.480 e. The van der Waals surface area contributed by atoms with E-state index in [1.807, 2.05) is 23.6 Å². The van der Waals surface area contributed by atoms with Gasteiger partial charge in [0, 0.05) is 36.6 Å². The van der Waals surface area contributed by atoms with Gasteiger partial charge in [0.1, 0.15) is 11.9 Å². The van der Waals surface area contributed by atoms with Crippen LogP contribution in [0.25, 0.3) is 10.1 Å². The van der Waals surface area contributed by atoms with E-state index in [9.17, 15) is 9.90 Å². The Kier molecular flexibility index (Phi) is 6.90. The number of carboxylic acid groups (broad SMARTS) is 1. The van der Waals surface area contributed by atoms with E-state index in [1.54, 1.807) is 11.3 Å². The molecule has 2 aliphatic rings. The molecule has 3 aromatic rings. The predicted octanol–water partition coefficient (Wildman–Crippen LogP) is 4.89. The van der Waals surface area contributed by atoms with Gasteiger partial charge < -0.3 is 15.2 Å². The zero-order valence-corrected chi connectivity index (χ0v) is 19.7. The van der Waals surface area contributed by atoms with Crippen molar-refractivity contribution in [3.05, 3.63) is 58.6 Å². The first-order valence-corrected chi connectivity index (χ1v) is 12.8. The van der Waals surface area contributed by atoms with Crippen LogP contribution >= 0.6 is 11.3 Å². The highest BCUT2D eigenvalue weighted by atomic mass is 32.1. The highest BCUT2D eigenvalue weighted by Gasteiger charge is 2.34. The number of hydrogen-bond acceptors (Lipinski definition) is 6.